The molecule has 0 N–H and O–H groups in total. The van der Waals surface area contributed by atoms with Crippen LogP contribution in [0.4, 0.5) is 0 Å². The van der Waals surface area contributed by atoms with E-state index in [4.69, 9.17) is 0 Å². The summed E-state index contributed by atoms with van der Waals surface area (Å²) in [4.78, 5) is 1.36. The molecule has 0 saturated heterocycles. The second kappa shape index (κ2) is 6.97. The Morgan fingerprint density at radius 2 is 1.09 bits per heavy atom. The van der Waals surface area contributed by atoms with E-state index < -0.39 is 29.4 Å². The highest BCUT2D eigenvalue weighted by atomic mass is 32.2. The summed E-state index contributed by atoms with van der Waals surface area (Å²) in [5.74, 6) is 0. The minimum absolute atomic E-state index is 1.18. The summed E-state index contributed by atoms with van der Waals surface area (Å²) in [5.41, 5.74) is 2.80. The molecule has 0 bridgehead atoms. The summed E-state index contributed by atoms with van der Waals surface area (Å²) in [6, 6.07) is 10.8. The number of benzene rings is 1. The first-order valence-corrected chi connectivity index (χ1v) is 24.7. The second-order valence-electron chi connectivity index (χ2n) is 9.29. The van der Waals surface area contributed by atoms with Crippen molar-refractivity contribution < 1.29 is 0 Å². The van der Waals surface area contributed by atoms with Gasteiger partial charge in [-0.05, 0) is 17.5 Å². The smallest absolute Gasteiger partial charge is 0.0604 e. The Kier molecular flexibility index (Phi) is 6.40. The van der Waals surface area contributed by atoms with E-state index in [2.05, 4.69) is 100 Å². The summed E-state index contributed by atoms with van der Waals surface area (Å²) in [5, 5.41) is 2.47. The van der Waals surface area contributed by atoms with Crippen LogP contribution in [0.25, 0.3) is 0 Å². The van der Waals surface area contributed by atoms with Crippen molar-refractivity contribution in [3.8, 4) is 0 Å². The lowest BCUT2D eigenvalue weighted by molar-refractivity contribution is 1.47. The minimum atomic E-state index is -1.34. The first kappa shape index (κ1) is 20.2. The molecule has 1 aromatic rings. The molecule has 0 aliphatic heterocycles. The third kappa shape index (κ3) is 4.17. The van der Waals surface area contributed by atoms with E-state index in [1.54, 1.807) is 0 Å². The van der Waals surface area contributed by atoms with Crippen LogP contribution in [0.1, 0.15) is 0 Å². The van der Waals surface area contributed by atoms with Crippen LogP contribution in [-0.2, 0) is 0 Å². The molecule has 1 rings (SSSR count). The normalized spacial score (nSPS) is 14.6. The fourth-order valence-electron chi connectivity index (χ4n) is 4.84. The van der Waals surface area contributed by atoms with Crippen LogP contribution in [0, 0.1) is 0 Å². The minimum Gasteiger partial charge on any atom is -0.0988 e. The Morgan fingerprint density at radius 3 is 1.45 bits per heavy atom. The predicted octanol–water partition coefficient (Wildman–Crippen LogP) is 6.53. The highest BCUT2D eigenvalue weighted by Gasteiger charge is 2.59. The highest BCUT2D eigenvalue weighted by Crippen LogP contribution is 2.38. The van der Waals surface area contributed by atoms with Gasteiger partial charge in [0.1, 0.15) is 0 Å². The van der Waals surface area contributed by atoms with Crippen molar-refractivity contribution in [2.24, 2.45) is 0 Å². The first-order valence-electron chi connectivity index (χ1n) is 8.22. The average molecular weight is 383 g/mol. The van der Waals surface area contributed by atoms with Gasteiger partial charge in [0.25, 0.3) is 0 Å². The van der Waals surface area contributed by atoms with Crippen LogP contribution < -0.4 is 0 Å². The Bertz CT molecular complexity index is 468. The van der Waals surface area contributed by atoms with Gasteiger partial charge in [0.05, 0.1) is 6.63 Å². The zero-order valence-corrected chi connectivity index (χ0v) is 20.8. The maximum Gasteiger partial charge on any atom is 0.0604 e. The van der Waals surface area contributed by atoms with E-state index in [0.29, 0.717) is 0 Å². The van der Waals surface area contributed by atoms with Crippen molar-refractivity contribution in [2.75, 3.05) is 0 Å². The lowest BCUT2D eigenvalue weighted by Gasteiger charge is -2.55. The molecule has 0 saturated carbocycles. The molecule has 0 nitrogen and oxygen atoms in total. The highest BCUT2D eigenvalue weighted by molar-refractivity contribution is 8.02. The molecule has 0 aliphatic carbocycles. The molecule has 1 aromatic carbocycles. The topological polar surface area (TPSA) is 0 Å². The summed E-state index contributed by atoms with van der Waals surface area (Å²) >= 11 is 1.92. The van der Waals surface area contributed by atoms with Crippen LogP contribution in [0.3, 0.4) is 0 Å². The van der Waals surface area contributed by atoms with Gasteiger partial charge in [-0.1, -0.05) is 94.6 Å². The van der Waals surface area contributed by atoms with Crippen molar-refractivity contribution in [1.29, 1.82) is 0 Å². The van der Waals surface area contributed by atoms with E-state index in [9.17, 15) is 0 Å². The van der Waals surface area contributed by atoms with E-state index in [1.165, 1.54) is 4.90 Å². The fraction of sp³-hybridized carbons (Fsp3) is 0.529. The summed E-state index contributed by atoms with van der Waals surface area (Å²) < 4.78 is 0. The SMILES string of the molecule is C[Si](C)(C)[Si](C=CSc1ccccc1)([Si](C)(C)C)[Si](C)(C)C. The van der Waals surface area contributed by atoms with Gasteiger partial charge in [0.15, 0.2) is 0 Å². The monoisotopic (exact) mass is 382 g/mol. The fourth-order valence-corrected chi connectivity index (χ4v) is 102. The third-order valence-corrected chi connectivity index (χ3v) is 76.9. The zero-order valence-electron chi connectivity index (χ0n) is 15.9. The maximum absolute atomic E-state index is 2.80. The maximum atomic E-state index is 2.80. The molecular weight excluding hydrogens is 349 g/mol. The second-order valence-corrected chi connectivity index (χ2v) is 50.8. The predicted molar refractivity (Wildman–Crippen MR) is 117 cm³/mol. The van der Waals surface area contributed by atoms with Gasteiger partial charge < -0.3 is 0 Å². The molecular formula is C17H34SSi4. The number of hydrogen-bond donors (Lipinski definition) is 0. The Balaban J connectivity index is 3.27. The molecule has 0 radical (unpaired) electrons. The van der Waals surface area contributed by atoms with Gasteiger partial charge in [-0.2, -0.15) is 0 Å². The van der Waals surface area contributed by atoms with Crippen LogP contribution in [0.2, 0.25) is 58.9 Å². The standard InChI is InChI=1S/C17H34SSi4/c1-19(2,3)22(20(4,5)6,21(7,8)9)16-15-18-17-13-11-10-12-14-17/h10-16H,1-9H3. The Hall–Kier alpha value is 0.178. The van der Waals surface area contributed by atoms with Crippen LogP contribution in [0.5, 0.6) is 0 Å². The van der Waals surface area contributed by atoms with Gasteiger partial charge in [-0.15, -0.1) is 0 Å². The molecule has 0 unspecified atom stereocenters. The van der Waals surface area contributed by atoms with Crippen molar-refractivity contribution in [2.45, 2.75) is 63.8 Å². The zero-order chi connectivity index (χ0) is 17.2. The van der Waals surface area contributed by atoms with E-state index in [1.807, 2.05) is 11.8 Å². The third-order valence-electron chi connectivity index (χ3n) is 4.81. The molecule has 0 atom stereocenters. The van der Waals surface area contributed by atoms with Gasteiger partial charge in [-0.3, -0.25) is 0 Å². The van der Waals surface area contributed by atoms with Gasteiger partial charge in [0.2, 0.25) is 0 Å². The van der Waals surface area contributed by atoms with Crippen molar-refractivity contribution in [3.05, 3.63) is 41.4 Å². The van der Waals surface area contributed by atoms with E-state index >= 15 is 0 Å². The van der Waals surface area contributed by atoms with Crippen LogP contribution in [0.15, 0.2) is 46.3 Å². The molecule has 0 aliphatic rings. The molecule has 5 heteroatoms. The summed E-state index contributed by atoms with van der Waals surface area (Å²) in [7, 11) is -3.55. The quantitative estimate of drug-likeness (QED) is 0.398. The van der Waals surface area contributed by atoms with E-state index in [-0.39, 0.29) is 0 Å². The molecule has 0 spiro atoms. The lowest BCUT2D eigenvalue weighted by Crippen LogP contribution is -2.81. The first-order chi connectivity index (χ1) is 9.83. The van der Waals surface area contributed by atoms with Gasteiger partial charge in [-0.25, -0.2) is 0 Å². The summed E-state index contributed by atoms with van der Waals surface area (Å²) in [6.07, 6.45) is 0. The molecule has 0 fully saturated rings. The van der Waals surface area contributed by atoms with E-state index in [0.717, 1.165) is 0 Å². The van der Waals surface area contributed by atoms with Crippen molar-refractivity contribution in [3.63, 3.8) is 0 Å². The molecule has 124 valence electrons. The van der Waals surface area contributed by atoms with Gasteiger partial charge in [0, 0.05) is 27.7 Å². The molecule has 22 heavy (non-hydrogen) atoms. The number of hydrogen-bond acceptors (Lipinski definition) is 1. The molecule has 0 heterocycles. The Labute approximate surface area is 146 Å². The van der Waals surface area contributed by atoms with Crippen molar-refractivity contribution >= 4 is 41.2 Å². The number of thioether (sulfide) groups is 1. The van der Waals surface area contributed by atoms with Crippen molar-refractivity contribution in [1.82, 2.24) is 0 Å². The van der Waals surface area contributed by atoms with Gasteiger partial charge >= 0.3 is 0 Å². The molecule has 0 amide bonds. The Morgan fingerprint density at radius 1 is 0.682 bits per heavy atom. The average Bonchev–Trinajstić information content (AvgIpc) is 2.31. The number of rotatable bonds is 6. The van der Waals surface area contributed by atoms with Crippen LogP contribution in [-0.4, -0.2) is 29.4 Å². The summed E-state index contributed by atoms with van der Waals surface area (Å²) in [6.45, 7) is 22.5. The lowest BCUT2D eigenvalue weighted by atomic mass is 10.4. The molecule has 0 aromatic heterocycles. The largest absolute Gasteiger partial charge is 0.0988 e. The van der Waals surface area contributed by atoms with Crippen LogP contribution >= 0.6 is 11.8 Å².